The highest BCUT2D eigenvalue weighted by molar-refractivity contribution is 5.75. The third-order valence-corrected chi connectivity index (χ3v) is 5.35. The number of fused-ring (bicyclic) bond motifs is 1. The molecule has 3 heterocycles. The van der Waals surface area contributed by atoms with Crippen LogP contribution in [0.25, 0.3) is 0 Å². The Morgan fingerprint density at radius 2 is 1.91 bits per heavy atom. The van der Waals surface area contributed by atoms with Gasteiger partial charge < -0.3 is 15.0 Å². The molecule has 5 heteroatoms. The van der Waals surface area contributed by atoms with E-state index in [9.17, 15) is 4.79 Å². The molecule has 3 fully saturated rings. The summed E-state index contributed by atoms with van der Waals surface area (Å²) >= 11 is 0. The van der Waals surface area contributed by atoms with Gasteiger partial charge in [0.2, 0.25) is 0 Å². The Balaban J connectivity index is 1.52. The zero-order chi connectivity index (χ0) is 15.6. The number of carbonyl (C=O) groups excluding carboxylic acids is 1. The molecule has 124 valence electrons. The Morgan fingerprint density at radius 1 is 1.13 bits per heavy atom. The van der Waals surface area contributed by atoms with Crippen molar-refractivity contribution >= 4 is 6.03 Å². The summed E-state index contributed by atoms with van der Waals surface area (Å²) in [5.74, 6) is 0. The molecule has 0 bridgehead atoms. The van der Waals surface area contributed by atoms with Crippen molar-refractivity contribution in [3.05, 3.63) is 35.9 Å². The van der Waals surface area contributed by atoms with Crippen LogP contribution in [0.15, 0.2) is 30.3 Å². The average molecular weight is 315 g/mol. The van der Waals surface area contributed by atoms with E-state index in [2.05, 4.69) is 34.5 Å². The first-order valence-corrected chi connectivity index (χ1v) is 8.78. The van der Waals surface area contributed by atoms with Gasteiger partial charge in [-0.1, -0.05) is 30.3 Å². The number of carbonyl (C=O) groups is 1. The molecule has 2 unspecified atom stereocenters. The molecular weight excluding hydrogens is 290 g/mol. The van der Waals surface area contributed by atoms with Crippen LogP contribution in [0.4, 0.5) is 4.79 Å². The van der Waals surface area contributed by atoms with Crippen molar-refractivity contribution in [2.75, 3.05) is 26.3 Å². The van der Waals surface area contributed by atoms with Gasteiger partial charge in [0.1, 0.15) is 6.17 Å². The summed E-state index contributed by atoms with van der Waals surface area (Å²) in [5, 5.41) is 3.23. The Bertz CT molecular complexity index is 544. The lowest BCUT2D eigenvalue weighted by atomic mass is 10.1. The minimum absolute atomic E-state index is 0.0835. The maximum absolute atomic E-state index is 12.9. The van der Waals surface area contributed by atoms with Crippen molar-refractivity contribution in [2.24, 2.45) is 0 Å². The Labute approximate surface area is 137 Å². The number of hydrogen-bond acceptors (Lipinski definition) is 3. The molecule has 2 atom stereocenters. The highest BCUT2D eigenvalue weighted by Gasteiger charge is 2.44. The third kappa shape index (κ3) is 2.95. The van der Waals surface area contributed by atoms with E-state index in [0.717, 1.165) is 39.1 Å². The van der Waals surface area contributed by atoms with Gasteiger partial charge >= 0.3 is 6.03 Å². The average Bonchev–Trinajstić information content (AvgIpc) is 3.17. The Hall–Kier alpha value is -1.59. The van der Waals surface area contributed by atoms with Crippen molar-refractivity contribution in [2.45, 2.75) is 43.9 Å². The van der Waals surface area contributed by atoms with E-state index < -0.39 is 0 Å². The van der Waals surface area contributed by atoms with E-state index in [4.69, 9.17) is 4.74 Å². The monoisotopic (exact) mass is 315 g/mol. The summed E-state index contributed by atoms with van der Waals surface area (Å²) < 4.78 is 5.38. The molecule has 1 aromatic rings. The summed E-state index contributed by atoms with van der Waals surface area (Å²) in [6, 6.07) is 11.3. The number of nitrogens with one attached hydrogen (secondary N) is 1. The van der Waals surface area contributed by atoms with Crippen LogP contribution in [-0.4, -0.2) is 54.2 Å². The fourth-order valence-electron chi connectivity index (χ4n) is 4.17. The van der Waals surface area contributed by atoms with Crippen molar-refractivity contribution in [3.8, 4) is 0 Å². The quantitative estimate of drug-likeness (QED) is 0.911. The number of amides is 2. The Morgan fingerprint density at radius 3 is 2.70 bits per heavy atom. The number of rotatable bonds is 2. The first kappa shape index (κ1) is 15.0. The number of hydrogen-bond donors (Lipinski definition) is 1. The number of nitrogens with zero attached hydrogens (tertiary/aromatic N) is 2. The minimum atomic E-state index is 0.0835. The lowest BCUT2D eigenvalue weighted by molar-refractivity contribution is 0.0761. The maximum Gasteiger partial charge on any atom is 0.319 e. The van der Waals surface area contributed by atoms with E-state index in [1.807, 2.05) is 11.0 Å². The van der Waals surface area contributed by atoms with Gasteiger partial charge in [-0.2, -0.15) is 0 Å². The van der Waals surface area contributed by atoms with Crippen LogP contribution < -0.4 is 5.32 Å². The van der Waals surface area contributed by atoms with Crippen LogP contribution in [0.3, 0.4) is 0 Å². The van der Waals surface area contributed by atoms with Crippen molar-refractivity contribution in [3.63, 3.8) is 0 Å². The van der Waals surface area contributed by atoms with Crippen LogP contribution in [0.2, 0.25) is 0 Å². The van der Waals surface area contributed by atoms with E-state index in [0.29, 0.717) is 6.04 Å². The molecule has 0 spiro atoms. The molecule has 2 amide bonds. The fraction of sp³-hybridized carbons (Fsp3) is 0.611. The van der Waals surface area contributed by atoms with Crippen molar-refractivity contribution in [1.82, 2.24) is 15.1 Å². The topological polar surface area (TPSA) is 44.8 Å². The summed E-state index contributed by atoms with van der Waals surface area (Å²) in [6.07, 6.45) is 4.36. The molecule has 5 nitrogen and oxygen atoms in total. The molecule has 3 saturated heterocycles. The second-order valence-corrected chi connectivity index (χ2v) is 6.81. The van der Waals surface area contributed by atoms with Gasteiger partial charge in [0.05, 0.1) is 0 Å². The molecule has 3 aliphatic rings. The number of urea groups is 1. The molecule has 1 aromatic carbocycles. The summed E-state index contributed by atoms with van der Waals surface area (Å²) in [5.41, 5.74) is 1.22. The highest BCUT2D eigenvalue weighted by atomic mass is 16.5. The largest absolute Gasteiger partial charge is 0.381 e. The molecule has 0 aromatic heterocycles. The zero-order valence-electron chi connectivity index (χ0n) is 13.5. The van der Waals surface area contributed by atoms with Gasteiger partial charge in [-0.25, -0.2) is 4.79 Å². The van der Waals surface area contributed by atoms with Gasteiger partial charge in [-0.3, -0.25) is 4.90 Å². The van der Waals surface area contributed by atoms with E-state index in [1.54, 1.807) is 0 Å². The molecular formula is C18H25N3O2. The molecule has 0 radical (unpaired) electrons. The first-order chi connectivity index (χ1) is 11.3. The predicted molar refractivity (Wildman–Crippen MR) is 88.0 cm³/mol. The van der Waals surface area contributed by atoms with Crippen LogP contribution >= 0.6 is 0 Å². The Kier molecular flexibility index (Phi) is 4.23. The minimum Gasteiger partial charge on any atom is -0.381 e. The molecule has 23 heavy (non-hydrogen) atoms. The molecule has 4 rings (SSSR count). The van der Waals surface area contributed by atoms with Crippen LogP contribution in [0.5, 0.6) is 0 Å². The second-order valence-electron chi connectivity index (χ2n) is 6.81. The molecule has 0 saturated carbocycles. The van der Waals surface area contributed by atoms with E-state index in [1.165, 1.54) is 18.4 Å². The van der Waals surface area contributed by atoms with Gasteiger partial charge in [0.15, 0.2) is 0 Å². The van der Waals surface area contributed by atoms with Crippen LogP contribution in [-0.2, 0) is 4.74 Å². The predicted octanol–water partition coefficient (Wildman–Crippen LogP) is 2.35. The zero-order valence-corrected chi connectivity index (χ0v) is 13.5. The molecule has 1 N–H and O–H groups in total. The maximum atomic E-state index is 12.9. The SMILES string of the molecule is O=C(NC1CCOCC1)N1CC2CCCN2C1c1ccccc1. The smallest absolute Gasteiger partial charge is 0.319 e. The molecule has 3 aliphatic heterocycles. The lowest BCUT2D eigenvalue weighted by Gasteiger charge is -2.32. The standard InChI is InChI=1S/C18H25N3O2/c22-18(19-15-8-11-23-12-9-15)21-13-16-7-4-10-20(16)17(21)14-5-2-1-3-6-14/h1-3,5-6,15-17H,4,7-13H2,(H,19,22). The highest BCUT2D eigenvalue weighted by Crippen LogP contribution is 2.38. The normalized spacial score (nSPS) is 28.8. The van der Waals surface area contributed by atoms with Gasteiger partial charge in [-0.05, 0) is 31.2 Å². The lowest BCUT2D eigenvalue weighted by Crippen LogP contribution is -2.47. The van der Waals surface area contributed by atoms with Crippen molar-refractivity contribution in [1.29, 1.82) is 0 Å². The third-order valence-electron chi connectivity index (χ3n) is 5.35. The van der Waals surface area contributed by atoms with Crippen molar-refractivity contribution < 1.29 is 9.53 Å². The summed E-state index contributed by atoms with van der Waals surface area (Å²) in [7, 11) is 0. The van der Waals surface area contributed by atoms with Gasteiger partial charge in [0.25, 0.3) is 0 Å². The summed E-state index contributed by atoms with van der Waals surface area (Å²) in [6.45, 7) is 3.43. The number of benzene rings is 1. The van der Waals surface area contributed by atoms with Crippen LogP contribution in [0, 0.1) is 0 Å². The second kappa shape index (κ2) is 6.49. The van der Waals surface area contributed by atoms with Crippen LogP contribution in [0.1, 0.15) is 37.4 Å². The first-order valence-electron chi connectivity index (χ1n) is 8.78. The fourth-order valence-corrected chi connectivity index (χ4v) is 4.17. The van der Waals surface area contributed by atoms with Gasteiger partial charge in [-0.15, -0.1) is 0 Å². The molecule has 0 aliphatic carbocycles. The summed E-state index contributed by atoms with van der Waals surface area (Å²) in [4.78, 5) is 17.4. The van der Waals surface area contributed by atoms with E-state index in [-0.39, 0.29) is 18.2 Å². The van der Waals surface area contributed by atoms with Gasteiger partial charge in [0, 0.05) is 38.4 Å². The number of ether oxygens (including phenoxy) is 1. The van der Waals surface area contributed by atoms with E-state index >= 15 is 0 Å².